The topological polar surface area (TPSA) is 155 Å². The zero-order valence-corrected chi connectivity index (χ0v) is 17.8. The normalized spacial score (nSPS) is 10.4. The predicted molar refractivity (Wildman–Crippen MR) is 120 cm³/mol. The van der Waals surface area contributed by atoms with E-state index in [1.165, 1.54) is 38.4 Å². The highest BCUT2D eigenvalue weighted by Crippen LogP contribution is 2.23. The van der Waals surface area contributed by atoms with E-state index < -0.39 is 35.2 Å². The number of nitrogens with zero attached hydrogens (tertiary/aromatic N) is 2. The van der Waals surface area contributed by atoms with Gasteiger partial charge in [-0.25, -0.2) is 4.79 Å². The number of hydrogen-bond donors (Lipinski definition) is 3. The molecule has 11 heteroatoms. The summed E-state index contributed by atoms with van der Waals surface area (Å²) in [6.45, 7) is -0.622. The van der Waals surface area contributed by atoms with Crippen molar-refractivity contribution in [3.8, 4) is 5.75 Å². The Morgan fingerprint density at radius 1 is 1.00 bits per heavy atom. The van der Waals surface area contributed by atoms with Gasteiger partial charge in [0, 0.05) is 24.5 Å². The number of carbonyl (C=O) groups excluding carboxylic acids is 3. The fraction of sp³-hybridized carbons (Fsp3) is 0.136. The minimum absolute atomic E-state index is 0.332. The number of primary amides is 1. The number of para-hydroxylation sites is 2. The number of hydrogen-bond acceptors (Lipinski definition) is 6. The summed E-state index contributed by atoms with van der Waals surface area (Å²) in [7, 11) is 2.83. The van der Waals surface area contributed by atoms with Crippen molar-refractivity contribution in [2.45, 2.75) is 6.54 Å². The van der Waals surface area contributed by atoms with Gasteiger partial charge in [0.25, 0.3) is 17.4 Å². The first-order valence-corrected chi connectivity index (χ1v) is 9.66. The molecular weight excluding hydrogens is 430 g/mol. The first-order valence-electron chi connectivity index (χ1n) is 9.66. The van der Waals surface area contributed by atoms with Crippen LogP contribution in [0.3, 0.4) is 0 Å². The highest BCUT2D eigenvalue weighted by atomic mass is 16.5. The largest absolute Gasteiger partial charge is 0.495 e. The molecule has 3 aromatic rings. The molecule has 2 aromatic carbocycles. The van der Waals surface area contributed by atoms with E-state index in [9.17, 15) is 24.0 Å². The summed E-state index contributed by atoms with van der Waals surface area (Å²) in [6, 6.07) is 12.9. The second-order valence-corrected chi connectivity index (χ2v) is 6.97. The molecule has 4 N–H and O–H groups in total. The van der Waals surface area contributed by atoms with E-state index in [0.717, 1.165) is 10.8 Å². The van der Waals surface area contributed by atoms with E-state index in [1.54, 1.807) is 24.3 Å². The second-order valence-electron chi connectivity index (χ2n) is 6.97. The smallest absolute Gasteiger partial charge is 0.331 e. The number of anilines is 2. The molecule has 1 heterocycles. The molecule has 3 rings (SSSR count). The lowest BCUT2D eigenvalue weighted by Gasteiger charge is -2.11. The van der Waals surface area contributed by atoms with Crippen molar-refractivity contribution >= 4 is 29.1 Å². The highest BCUT2D eigenvalue weighted by Gasteiger charge is 2.16. The third-order valence-corrected chi connectivity index (χ3v) is 4.68. The summed E-state index contributed by atoms with van der Waals surface area (Å²) in [5, 5.41) is 5.27. The first-order chi connectivity index (χ1) is 15.7. The molecule has 11 nitrogen and oxygen atoms in total. The predicted octanol–water partition coefficient (Wildman–Crippen LogP) is 0.546. The van der Waals surface area contributed by atoms with Crippen molar-refractivity contribution in [1.82, 2.24) is 9.13 Å². The lowest BCUT2D eigenvalue weighted by Crippen LogP contribution is -2.44. The van der Waals surface area contributed by atoms with Gasteiger partial charge < -0.3 is 25.7 Å². The minimum Gasteiger partial charge on any atom is -0.495 e. The van der Waals surface area contributed by atoms with Crippen LogP contribution in [-0.4, -0.2) is 34.0 Å². The van der Waals surface area contributed by atoms with Crippen molar-refractivity contribution in [2.24, 2.45) is 12.8 Å². The molecule has 0 saturated carbocycles. The maximum Gasteiger partial charge on any atom is 0.331 e. The van der Waals surface area contributed by atoms with E-state index in [2.05, 4.69) is 10.6 Å². The molecule has 0 bridgehead atoms. The average Bonchev–Trinajstić information content (AvgIpc) is 2.79. The van der Waals surface area contributed by atoms with Gasteiger partial charge >= 0.3 is 5.69 Å². The van der Waals surface area contributed by atoms with Crippen LogP contribution in [0.4, 0.5) is 11.4 Å². The van der Waals surface area contributed by atoms with Crippen molar-refractivity contribution < 1.29 is 19.1 Å². The molecule has 0 fully saturated rings. The molecular formula is C22H21N5O6. The van der Waals surface area contributed by atoms with Crippen molar-refractivity contribution in [2.75, 3.05) is 17.7 Å². The molecule has 0 aliphatic rings. The molecule has 0 radical (unpaired) electrons. The number of benzene rings is 2. The summed E-state index contributed by atoms with van der Waals surface area (Å²) in [6.07, 6.45) is 1.02. The van der Waals surface area contributed by atoms with Gasteiger partial charge in [-0.1, -0.05) is 12.1 Å². The molecule has 0 spiro atoms. The molecule has 1 aromatic heterocycles. The third kappa shape index (κ3) is 5.15. The quantitative estimate of drug-likeness (QED) is 0.476. The molecule has 0 aliphatic carbocycles. The maximum atomic E-state index is 12.5. The van der Waals surface area contributed by atoms with E-state index in [1.807, 2.05) is 0 Å². The summed E-state index contributed by atoms with van der Waals surface area (Å²) in [5.74, 6) is -1.55. The van der Waals surface area contributed by atoms with Crippen molar-refractivity contribution in [3.63, 3.8) is 0 Å². The number of rotatable bonds is 7. The Bertz CT molecular complexity index is 1340. The van der Waals surface area contributed by atoms with Gasteiger partial charge in [-0.2, -0.15) is 0 Å². The van der Waals surface area contributed by atoms with Crippen LogP contribution >= 0.6 is 0 Å². The highest BCUT2D eigenvalue weighted by molar-refractivity contribution is 6.05. The Morgan fingerprint density at radius 3 is 2.30 bits per heavy atom. The third-order valence-electron chi connectivity index (χ3n) is 4.68. The zero-order valence-electron chi connectivity index (χ0n) is 17.8. The van der Waals surface area contributed by atoms with Crippen molar-refractivity contribution in [1.29, 1.82) is 0 Å². The first kappa shape index (κ1) is 23.0. The van der Waals surface area contributed by atoms with Gasteiger partial charge in [0.15, 0.2) is 0 Å². The number of nitrogens with two attached hydrogens (primary N) is 1. The molecule has 33 heavy (non-hydrogen) atoms. The van der Waals surface area contributed by atoms with E-state index in [0.29, 0.717) is 27.3 Å². The number of methoxy groups -OCH3 is 1. The number of aromatic nitrogens is 2. The lowest BCUT2D eigenvalue weighted by molar-refractivity contribution is -0.116. The molecule has 0 saturated heterocycles. The van der Waals surface area contributed by atoms with Crippen LogP contribution in [0.25, 0.3) is 0 Å². The number of nitrogens with one attached hydrogen (secondary N) is 2. The SMILES string of the molecule is COc1ccccc1NC(=O)c1ccc(NC(=O)Cn2c(=O)c(C(N)=O)cn(C)c2=O)cc1. The van der Waals surface area contributed by atoms with Gasteiger partial charge in [0.2, 0.25) is 5.91 Å². The second kappa shape index (κ2) is 9.64. The number of amides is 3. The molecule has 3 amide bonds. The Labute approximate surface area is 187 Å². The molecule has 0 unspecified atom stereocenters. The summed E-state index contributed by atoms with van der Waals surface area (Å²) in [4.78, 5) is 60.8. The summed E-state index contributed by atoms with van der Waals surface area (Å²) >= 11 is 0. The average molecular weight is 451 g/mol. The Balaban J connectivity index is 1.71. The van der Waals surface area contributed by atoms with Gasteiger partial charge in [-0.15, -0.1) is 0 Å². The summed E-state index contributed by atoms with van der Waals surface area (Å²) in [5.41, 5.74) is 4.19. The van der Waals surface area contributed by atoms with Gasteiger partial charge in [0.1, 0.15) is 17.9 Å². The van der Waals surface area contributed by atoms with E-state index in [4.69, 9.17) is 10.5 Å². The van der Waals surface area contributed by atoms with Gasteiger partial charge in [-0.05, 0) is 36.4 Å². The van der Waals surface area contributed by atoms with Crippen LogP contribution in [0.5, 0.6) is 5.75 Å². The molecule has 0 atom stereocenters. The van der Waals surface area contributed by atoms with E-state index in [-0.39, 0.29) is 5.91 Å². The fourth-order valence-corrected chi connectivity index (χ4v) is 3.03. The molecule has 170 valence electrons. The zero-order chi connectivity index (χ0) is 24.1. The Kier molecular flexibility index (Phi) is 6.72. The van der Waals surface area contributed by atoms with Gasteiger partial charge in [-0.3, -0.25) is 23.7 Å². The van der Waals surface area contributed by atoms with Crippen molar-refractivity contribution in [3.05, 3.63) is 86.7 Å². The van der Waals surface area contributed by atoms with Crippen LogP contribution in [-0.2, 0) is 18.4 Å². The van der Waals surface area contributed by atoms with Crippen LogP contribution in [0.15, 0.2) is 64.3 Å². The minimum atomic E-state index is -1.01. The number of aryl methyl sites for hydroxylation is 1. The maximum absolute atomic E-state index is 12.5. The van der Waals surface area contributed by atoms with Crippen LogP contribution in [0, 0.1) is 0 Å². The standard InChI is InChI=1S/C22H21N5O6/c1-26-11-15(19(23)29)21(31)27(22(26)32)12-18(28)24-14-9-7-13(8-10-14)20(30)25-16-5-3-4-6-17(16)33-2/h3-11H,12H2,1-2H3,(H2,23,29)(H,24,28)(H,25,30). The number of ether oxygens (including phenoxy) is 1. The summed E-state index contributed by atoms with van der Waals surface area (Å²) < 4.78 is 6.81. The Hall–Kier alpha value is -4.67. The number of carbonyl (C=O) groups is 3. The lowest BCUT2D eigenvalue weighted by atomic mass is 10.2. The van der Waals surface area contributed by atoms with E-state index >= 15 is 0 Å². The monoisotopic (exact) mass is 451 g/mol. The van der Waals surface area contributed by atoms with Crippen LogP contribution < -0.4 is 32.4 Å². The van der Waals surface area contributed by atoms with Gasteiger partial charge in [0.05, 0.1) is 12.8 Å². The molecule has 0 aliphatic heterocycles. The van der Waals surface area contributed by atoms with Crippen LogP contribution in [0.1, 0.15) is 20.7 Å². The fourth-order valence-electron chi connectivity index (χ4n) is 3.03. The van der Waals surface area contributed by atoms with Crippen LogP contribution in [0.2, 0.25) is 0 Å². The Morgan fingerprint density at radius 2 is 1.67 bits per heavy atom.